The Kier molecular flexibility index (Phi) is 9.21. The Morgan fingerprint density at radius 3 is 1.42 bits per heavy atom. The largest absolute Gasteiger partial charge is 0.324 e. The molecule has 0 atom stereocenters. The number of benzene rings is 2. The second-order valence-corrected chi connectivity index (χ2v) is 15.5. The monoisotopic (exact) mass is 668 g/mol. The molecule has 0 spiro atoms. The number of hydrogen-bond acceptors (Lipinski definition) is 11. The number of aromatic nitrogens is 6. The highest BCUT2D eigenvalue weighted by Gasteiger charge is 2.24. The number of amides is 2. The Morgan fingerprint density at radius 2 is 1.04 bits per heavy atom. The van der Waals surface area contributed by atoms with Crippen LogP contribution in [0.5, 0.6) is 0 Å². The van der Waals surface area contributed by atoms with E-state index in [1.165, 1.54) is 12.4 Å². The summed E-state index contributed by atoms with van der Waals surface area (Å²) in [4.78, 5) is 38.8. The summed E-state index contributed by atoms with van der Waals surface area (Å²) in [6.45, 7) is 3.92. The van der Waals surface area contributed by atoms with Gasteiger partial charge in [0.05, 0.1) is 23.8 Å². The molecule has 2 aromatic carbocycles. The highest BCUT2D eigenvalue weighted by molar-refractivity contribution is 7.91. The molecule has 5 aromatic rings. The summed E-state index contributed by atoms with van der Waals surface area (Å²) >= 11 is 0.772. The van der Waals surface area contributed by atoms with E-state index in [9.17, 15) is 26.4 Å². The number of H-pyrrole nitrogens is 2. The standard InChI is InChI=1S/C28H28N8O6S3/c1-17-3-7-19(8-4-17)21-11-29-27(31-21)33-23(37)13-44(39,40)15-25-35-36-26(43-25)16-45(41,42)14-24(38)34-28-30-12-22(32-28)20-9-5-18(2)6-10-20/h3-12H,13-16H2,1-2H3,(H2,29,31,33,37)(H2,30,32,34,38). The molecular formula is C28H28N8O6S3. The van der Waals surface area contributed by atoms with E-state index in [-0.39, 0.29) is 21.9 Å². The molecule has 0 saturated heterocycles. The average Bonchev–Trinajstić information content (AvgIpc) is 3.70. The first-order chi connectivity index (χ1) is 21.3. The van der Waals surface area contributed by atoms with Gasteiger partial charge in [-0.25, -0.2) is 26.8 Å². The van der Waals surface area contributed by atoms with Crippen molar-refractivity contribution in [2.24, 2.45) is 0 Å². The van der Waals surface area contributed by atoms with Crippen molar-refractivity contribution in [1.29, 1.82) is 0 Å². The van der Waals surface area contributed by atoms with Crippen LogP contribution in [-0.4, -0.2) is 70.3 Å². The minimum atomic E-state index is -3.98. The fraction of sp³-hybridized carbons (Fsp3) is 0.214. The Balaban J connectivity index is 1.11. The maximum absolute atomic E-state index is 12.6. The van der Waals surface area contributed by atoms with Crippen molar-refractivity contribution in [3.63, 3.8) is 0 Å². The number of nitrogens with zero attached hydrogens (tertiary/aromatic N) is 4. The van der Waals surface area contributed by atoms with Gasteiger partial charge in [0.15, 0.2) is 19.7 Å². The van der Waals surface area contributed by atoms with Gasteiger partial charge in [0.1, 0.15) is 33.0 Å². The van der Waals surface area contributed by atoms with Crippen molar-refractivity contribution < 1.29 is 26.4 Å². The van der Waals surface area contributed by atoms with Crippen LogP contribution >= 0.6 is 11.3 Å². The number of aryl methyl sites for hydroxylation is 2. The molecule has 45 heavy (non-hydrogen) atoms. The molecule has 0 unspecified atom stereocenters. The molecule has 17 heteroatoms. The van der Waals surface area contributed by atoms with Crippen molar-refractivity contribution in [2.45, 2.75) is 25.4 Å². The smallest absolute Gasteiger partial charge is 0.241 e. The van der Waals surface area contributed by atoms with E-state index < -0.39 is 54.5 Å². The van der Waals surface area contributed by atoms with E-state index in [1.807, 2.05) is 62.4 Å². The van der Waals surface area contributed by atoms with Crippen LogP contribution in [0, 0.1) is 13.8 Å². The van der Waals surface area contributed by atoms with Crippen molar-refractivity contribution in [3.8, 4) is 22.5 Å². The maximum atomic E-state index is 12.6. The summed E-state index contributed by atoms with van der Waals surface area (Å²) in [6.07, 6.45) is 3.04. The second kappa shape index (κ2) is 13.1. The van der Waals surface area contributed by atoms with E-state index >= 15 is 0 Å². The third-order valence-corrected chi connectivity index (χ3v) is 10.4. The summed E-state index contributed by atoms with van der Waals surface area (Å²) < 4.78 is 50.6. The van der Waals surface area contributed by atoms with Crippen LogP contribution in [0.15, 0.2) is 60.9 Å². The first kappa shape index (κ1) is 31.7. The molecule has 4 N–H and O–H groups in total. The summed E-state index contributed by atoms with van der Waals surface area (Å²) in [5.41, 5.74) is 5.16. The van der Waals surface area contributed by atoms with Gasteiger partial charge < -0.3 is 9.97 Å². The molecular weight excluding hydrogens is 641 g/mol. The molecule has 14 nitrogen and oxygen atoms in total. The van der Waals surface area contributed by atoms with E-state index in [1.54, 1.807) is 0 Å². The minimum absolute atomic E-state index is 0.0105. The molecule has 234 valence electrons. The lowest BCUT2D eigenvalue weighted by atomic mass is 10.1. The van der Waals surface area contributed by atoms with E-state index in [0.717, 1.165) is 33.6 Å². The molecule has 0 radical (unpaired) electrons. The summed E-state index contributed by atoms with van der Waals surface area (Å²) in [7, 11) is -7.96. The number of aromatic amines is 2. The molecule has 3 heterocycles. The molecule has 5 rings (SSSR count). The Bertz CT molecular complexity index is 1900. The zero-order valence-electron chi connectivity index (χ0n) is 24.1. The number of carbonyl (C=O) groups excluding carboxylic acids is 2. The Morgan fingerprint density at radius 1 is 0.667 bits per heavy atom. The molecule has 0 aliphatic carbocycles. The zero-order valence-corrected chi connectivity index (χ0v) is 26.5. The van der Waals surface area contributed by atoms with Crippen molar-refractivity contribution >= 4 is 54.7 Å². The van der Waals surface area contributed by atoms with Gasteiger partial charge in [-0.1, -0.05) is 71.0 Å². The normalized spacial score (nSPS) is 11.8. The highest BCUT2D eigenvalue weighted by atomic mass is 32.2. The number of carbonyl (C=O) groups is 2. The van der Waals surface area contributed by atoms with Gasteiger partial charge in [-0.3, -0.25) is 20.2 Å². The third kappa shape index (κ3) is 8.90. The number of hydrogen-bond donors (Lipinski definition) is 4. The quantitative estimate of drug-likeness (QED) is 0.153. The van der Waals surface area contributed by atoms with E-state index in [4.69, 9.17) is 0 Å². The molecule has 0 fully saturated rings. The lowest BCUT2D eigenvalue weighted by Crippen LogP contribution is -2.24. The van der Waals surface area contributed by atoms with Gasteiger partial charge in [-0.15, -0.1) is 10.2 Å². The zero-order chi connectivity index (χ0) is 32.2. The van der Waals surface area contributed by atoms with Crippen LogP contribution in [0.3, 0.4) is 0 Å². The Hall–Kier alpha value is -4.74. The molecule has 0 bridgehead atoms. The summed E-state index contributed by atoms with van der Waals surface area (Å²) in [5.74, 6) is -4.35. The first-order valence-corrected chi connectivity index (χ1v) is 17.8. The van der Waals surface area contributed by atoms with Crippen LogP contribution in [0.1, 0.15) is 21.1 Å². The average molecular weight is 669 g/mol. The molecule has 0 aliphatic heterocycles. The number of imidazole rings is 2. The van der Waals surface area contributed by atoms with Crippen molar-refractivity contribution in [1.82, 2.24) is 30.1 Å². The maximum Gasteiger partial charge on any atom is 0.241 e. The predicted octanol–water partition coefficient (Wildman–Crippen LogP) is 3.04. The van der Waals surface area contributed by atoms with Crippen LogP contribution in [0.25, 0.3) is 22.5 Å². The highest BCUT2D eigenvalue weighted by Crippen LogP contribution is 2.21. The predicted molar refractivity (Wildman–Crippen MR) is 170 cm³/mol. The number of sulfone groups is 2. The first-order valence-electron chi connectivity index (χ1n) is 13.4. The Labute approximate surface area is 262 Å². The topological polar surface area (TPSA) is 210 Å². The minimum Gasteiger partial charge on any atom is -0.324 e. The number of rotatable bonds is 12. The summed E-state index contributed by atoms with van der Waals surface area (Å²) in [5, 5.41) is 12.4. The SMILES string of the molecule is Cc1ccc(-c2cnc(NC(=O)CS(=O)(=O)Cc3nnc(CS(=O)(=O)CC(=O)Nc4ncc(-c5ccc(C)cc5)[nH]4)s3)[nH]2)cc1. The molecule has 3 aromatic heterocycles. The van der Waals surface area contributed by atoms with Crippen LogP contribution < -0.4 is 10.6 Å². The van der Waals surface area contributed by atoms with E-state index in [0.29, 0.717) is 11.4 Å². The van der Waals surface area contributed by atoms with Crippen molar-refractivity contribution in [3.05, 3.63) is 82.1 Å². The van der Waals surface area contributed by atoms with Crippen LogP contribution in [0.2, 0.25) is 0 Å². The number of nitrogens with one attached hydrogen (secondary N) is 4. The van der Waals surface area contributed by atoms with Gasteiger partial charge in [0.25, 0.3) is 0 Å². The van der Waals surface area contributed by atoms with Gasteiger partial charge in [0, 0.05) is 0 Å². The summed E-state index contributed by atoms with van der Waals surface area (Å²) in [6, 6.07) is 15.3. The van der Waals surface area contributed by atoms with Gasteiger partial charge >= 0.3 is 0 Å². The molecule has 2 amide bonds. The molecule has 0 saturated carbocycles. The molecule has 0 aliphatic rings. The van der Waals surface area contributed by atoms with Gasteiger partial charge in [-0.2, -0.15) is 0 Å². The lowest BCUT2D eigenvalue weighted by molar-refractivity contribution is -0.114. The van der Waals surface area contributed by atoms with Gasteiger partial charge in [0.2, 0.25) is 23.7 Å². The van der Waals surface area contributed by atoms with Crippen LogP contribution in [-0.2, 0) is 40.8 Å². The lowest BCUT2D eigenvalue weighted by Gasteiger charge is -2.03. The fourth-order valence-electron chi connectivity index (χ4n) is 4.15. The number of anilines is 2. The van der Waals surface area contributed by atoms with Crippen LogP contribution in [0.4, 0.5) is 11.9 Å². The fourth-order valence-corrected chi connectivity index (χ4v) is 8.15. The third-order valence-electron chi connectivity index (χ3n) is 6.29. The van der Waals surface area contributed by atoms with Gasteiger partial charge in [-0.05, 0) is 25.0 Å². The van der Waals surface area contributed by atoms with Crippen molar-refractivity contribution in [2.75, 3.05) is 22.1 Å². The van der Waals surface area contributed by atoms with E-state index in [2.05, 4.69) is 40.8 Å². The second-order valence-electron chi connectivity index (χ2n) is 10.3.